The summed E-state index contributed by atoms with van der Waals surface area (Å²) in [5, 5.41) is 0.541. The second kappa shape index (κ2) is 6.89. The Morgan fingerprint density at radius 1 is 1.12 bits per heavy atom. The molecule has 0 spiro atoms. The molecule has 0 fully saturated rings. The molecule has 25 heavy (non-hydrogen) atoms. The number of carbonyl (C=O) groups excluding carboxylic acids is 1. The third kappa shape index (κ3) is 3.76. The fourth-order valence-electron chi connectivity index (χ4n) is 2.97. The van der Waals surface area contributed by atoms with Crippen molar-refractivity contribution in [3.8, 4) is 5.75 Å². The normalized spacial score (nSPS) is 10.8. The maximum Gasteiger partial charge on any atom is 0.311 e. The van der Waals surface area contributed by atoms with Crippen LogP contribution in [0.4, 0.5) is 0 Å². The van der Waals surface area contributed by atoms with Crippen molar-refractivity contribution in [1.29, 1.82) is 0 Å². The summed E-state index contributed by atoms with van der Waals surface area (Å²) in [5.74, 6) is 0.749. The van der Waals surface area contributed by atoms with Crippen molar-refractivity contribution in [2.75, 3.05) is 0 Å². The number of esters is 1. The number of benzene rings is 2. The summed E-state index contributed by atoms with van der Waals surface area (Å²) < 4.78 is 5.51. The minimum atomic E-state index is -0.342. The van der Waals surface area contributed by atoms with Crippen LogP contribution in [0, 0.1) is 20.8 Å². The zero-order valence-electron chi connectivity index (χ0n) is 14.6. The van der Waals surface area contributed by atoms with Gasteiger partial charge in [-0.15, -0.1) is 0 Å². The highest BCUT2D eigenvalue weighted by molar-refractivity contribution is 5.77. The van der Waals surface area contributed by atoms with Crippen LogP contribution in [0.2, 0.25) is 0 Å². The van der Waals surface area contributed by atoms with Crippen LogP contribution in [0.25, 0.3) is 10.9 Å². The van der Waals surface area contributed by atoms with Gasteiger partial charge in [-0.25, -0.2) is 4.98 Å². The molecule has 0 amide bonds. The van der Waals surface area contributed by atoms with E-state index in [0.29, 0.717) is 28.9 Å². The lowest BCUT2D eigenvalue weighted by Crippen LogP contribution is -2.15. The Kier molecular flexibility index (Phi) is 4.65. The standard InChI is InChI=1S/C20H20N2O3/c1-12-10-13(2)19(14(3)11-12)25-18(23)9-8-17-21-16-7-5-4-6-15(16)20(24)22-17/h4-7,10-11H,8-9H2,1-3H3,(H,21,22,24). The molecule has 0 atom stereocenters. The third-order valence-electron chi connectivity index (χ3n) is 4.05. The van der Waals surface area contributed by atoms with Gasteiger partial charge in [-0.2, -0.15) is 0 Å². The number of nitrogens with zero attached hydrogens (tertiary/aromatic N) is 1. The molecule has 1 heterocycles. The molecule has 1 aromatic heterocycles. The quantitative estimate of drug-likeness (QED) is 0.585. The number of fused-ring (bicyclic) bond motifs is 1. The number of nitrogens with one attached hydrogen (secondary N) is 1. The second-order valence-corrected chi connectivity index (χ2v) is 6.23. The lowest BCUT2D eigenvalue weighted by molar-refractivity contribution is -0.134. The summed E-state index contributed by atoms with van der Waals surface area (Å²) in [5.41, 5.74) is 3.43. The van der Waals surface area contributed by atoms with E-state index in [1.165, 1.54) is 0 Å². The van der Waals surface area contributed by atoms with E-state index in [4.69, 9.17) is 4.74 Å². The predicted molar refractivity (Wildman–Crippen MR) is 97.0 cm³/mol. The van der Waals surface area contributed by atoms with E-state index in [1.807, 2.05) is 39.0 Å². The van der Waals surface area contributed by atoms with Crippen LogP contribution < -0.4 is 10.3 Å². The van der Waals surface area contributed by atoms with Crippen molar-refractivity contribution in [1.82, 2.24) is 9.97 Å². The Balaban J connectivity index is 1.72. The SMILES string of the molecule is Cc1cc(C)c(OC(=O)CCc2nc3ccccc3c(=O)[nH]2)c(C)c1. The van der Waals surface area contributed by atoms with E-state index in [9.17, 15) is 9.59 Å². The maximum absolute atomic E-state index is 12.2. The molecule has 128 valence electrons. The van der Waals surface area contributed by atoms with E-state index >= 15 is 0 Å². The Morgan fingerprint density at radius 3 is 2.52 bits per heavy atom. The van der Waals surface area contributed by atoms with Crippen molar-refractivity contribution in [3.05, 3.63) is 69.3 Å². The first kappa shape index (κ1) is 16.9. The lowest BCUT2D eigenvalue weighted by atomic mass is 10.1. The number of hydrogen-bond acceptors (Lipinski definition) is 4. The first-order chi connectivity index (χ1) is 11.9. The van der Waals surface area contributed by atoms with Gasteiger partial charge in [0, 0.05) is 6.42 Å². The first-order valence-electron chi connectivity index (χ1n) is 8.20. The molecule has 0 aliphatic carbocycles. The number of rotatable bonds is 4. The van der Waals surface area contributed by atoms with Gasteiger partial charge in [0.25, 0.3) is 5.56 Å². The summed E-state index contributed by atoms with van der Waals surface area (Å²) in [6.45, 7) is 5.85. The smallest absolute Gasteiger partial charge is 0.311 e. The minimum Gasteiger partial charge on any atom is -0.426 e. The second-order valence-electron chi connectivity index (χ2n) is 6.23. The molecule has 3 aromatic rings. The van der Waals surface area contributed by atoms with Crippen LogP contribution in [0.1, 0.15) is 28.9 Å². The molecular formula is C20H20N2O3. The van der Waals surface area contributed by atoms with E-state index in [0.717, 1.165) is 16.7 Å². The average molecular weight is 336 g/mol. The van der Waals surface area contributed by atoms with Crippen molar-refractivity contribution in [3.63, 3.8) is 0 Å². The van der Waals surface area contributed by atoms with Gasteiger partial charge in [0.1, 0.15) is 11.6 Å². The average Bonchev–Trinajstić information content (AvgIpc) is 2.56. The molecule has 2 aromatic carbocycles. The fourth-order valence-corrected chi connectivity index (χ4v) is 2.97. The number of hydrogen-bond donors (Lipinski definition) is 1. The molecule has 1 N–H and O–H groups in total. The summed E-state index contributed by atoms with van der Waals surface area (Å²) in [4.78, 5) is 31.4. The van der Waals surface area contributed by atoms with Gasteiger partial charge in [-0.05, 0) is 44.0 Å². The highest BCUT2D eigenvalue weighted by atomic mass is 16.5. The number of aryl methyl sites for hydroxylation is 4. The third-order valence-corrected chi connectivity index (χ3v) is 4.05. The fraction of sp³-hybridized carbons (Fsp3) is 0.250. The maximum atomic E-state index is 12.2. The van der Waals surface area contributed by atoms with Crippen LogP contribution in [0.5, 0.6) is 5.75 Å². The predicted octanol–water partition coefficient (Wildman–Crippen LogP) is 3.39. The van der Waals surface area contributed by atoms with Crippen LogP contribution in [0.3, 0.4) is 0 Å². The molecule has 5 nitrogen and oxygen atoms in total. The Morgan fingerprint density at radius 2 is 1.80 bits per heavy atom. The Bertz CT molecular complexity index is 982. The molecular weight excluding hydrogens is 316 g/mol. The van der Waals surface area contributed by atoms with Gasteiger partial charge in [-0.1, -0.05) is 29.8 Å². The number of aromatic amines is 1. The van der Waals surface area contributed by atoms with Crippen LogP contribution in [-0.2, 0) is 11.2 Å². The number of carbonyl (C=O) groups is 1. The van der Waals surface area contributed by atoms with E-state index in [-0.39, 0.29) is 17.9 Å². The van der Waals surface area contributed by atoms with Gasteiger partial charge in [0.15, 0.2) is 0 Å². The molecule has 0 saturated heterocycles. The van der Waals surface area contributed by atoms with Crippen molar-refractivity contribution >= 4 is 16.9 Å². The van der Waals surface area contributed by atoms with Crippen LogP contribution >= 0.6 is 0 Å². The highest BCUT2D eigenvalue weighted by Crippen LogP contribution is 2.25. The number of ether oxygens (including phenoxy) is 1. The first-order valence-corrected chi connectivity index (χ1v) is 8.20. The van der Waals surface area contributed by atoms with E-state index < -0.39 is 0 Å². The van der Waals surface area contributed by atoms with Gasteiger partial charge < -0.3 is 9.72 Å². The van der Waals surface area contributed by atoms with Crippen molar-refractivity contribution in [2.24, 2.45) is 0 Å². The molecule has 0 radical (unpaired) electrons. The van der Waals surface area contributed by atoms with Gasteiger partial charge in [0.05, 0.1) is 17.3 Å². The summed E-state index contributed by atoms with van der Waals surface area (Å²) in [6.07, 6.45) is 0.469. The zero-order chi connectivity index (χ0) is 18.0. The largest absolute Gasteiger partial charge is 0.426 e. The van der Waals surface area contributed by atoms with Gasteiger partial charge >= 0.3 is 5.97 Å². The number of H-pyrrole nitrogens is 1. The van der Waals surface area contributed by atoms with Crippen molar-refractivity contribution < 1.29 is 9.53 Å². The summed E-state index contributed by atoms with van der Waals surface area (Å²) >= 11 is 0. The molecule has 0 bridgehead atoms. The van der Waals surface area contributed by atoms with Gasteiger partial charge in [0.2, 0.25) is 0 Å². The lowest BCUT2D eigenvalue weighted by Gasteiger charge is -2.11. The molecule has 0 aliphatic heterocycles. The van der Waals surface area contributed by atoms with Crippen molar-refractivity contribution in [2.45, 2.75) is 33.6 Å². The van der Waals surface area contributed by atoms with Crippen LogP contribution in [-0.4, -0.2) is 15.9 Å². The van der Waals surface area contributed by atoms with Crippen LogP contribution in [0.15, 0.2) is 41.2 Å². The minimum absolute atomic E-state index is 0.147. The highest BCUT2D eigenvalue weighted by Gasteiger charge is 2.12. The molecule has 0 unspecified atom stereocenters. The summed E-state index contributed by atoms with van der Waals surface area (Å²) in [6, 6.07) is 11.1. The van der Waals surface area contributed by atoms with E-state index in [1.54, 1.807) is 18.2 Å². The van der Waals surface area contributed by atoms with E-state index in [2.05, 4.69) is 9.97 Å². The summed E-state index contributed by atoms with van der Waals surface area (Å²) in [7, 11) is 0. The zero-order valence-corrected chi connectivity index (χ0v) is 14.6. The van der Waals surface area contributed by atoms with Gasteiger partial charge in [-0.3, -0.25) is 9.59 Å². The molecule has 3 rings (SSSR count). The number of para-hydroxylation sites is 1. The Labute approximate surface area is 145 Å². The molecule has 0 saturated carbocycles. The molecule has 5 heteroatoms. The topological polar surface area (TPSA) is 72.0 Å². The number of aromatic nitrogens is 2. The molecule has 0 aliphatic rings. The Hall–Kier alpha value is -2.95. The monoisotopic (exact) mass is 336 g/mol.